The number of amides is 2. The molecule has 25 heavy (non-hydrogen) atoms. The summed E-state index contributed by atoms with van der Waals surface area (Å²) in [5.41, 5.74) is 2.02. The molecular formula is C19H23N3O3. The molecule has 1 atom stereocenters. The second-order valence-electron chi connectivity index (χ2n) is 6.34. The molecule has 2 aromatic rings. The summed E-state index contributed by atoms with van der Waals surface area (Å²) in [6.45, 7) is 3.21. The molecule has 2 amide bonds. The maximum atomic E-state index is 12.2. The topological polar surface area (TPSA) is 75.4 Å². The van der Waals surface area contributed by atoms with Crippen molar-refractivity contribution >= 4 is 11.8 Å². The van der Waals surface area contributed by atoms with Crippen LogP contribution in [0.1, 0.15) is 41.6 Å². The third-order valence-electron chi connectivity index (χ3n) is 4.43. The Kier molecular flexibility index (Phi) is 5.48. The molecule has 132 valence electrons. The minimum atomic E-state index is -0.309. The number of benzene rings is 1. The molecular weight excluding hydrogens is 318 g/mol. The Bertz CT molecular complexity index is 727. The van der Waals surface area contributed by atoms with Gasteiger partial charge in [0, 0.05) is 25.6 Å². The molecule has 0 bridgehead atoms. The number of hydrogen-bond donors (Lipinski definition) is 1. The predicted molar refractivity (Wildman–Crippen MR) is 93.1 cm³/mol. The lowest BCUT2D eigenvalue weighted by molar-refractivity contribution is -0.127. The van der Waals surface area contributed by atoms with Crippen molar-refractivity contribution < 1.29 is 14.1 Å². The zero-order valence-electron chi connectivity index (χ0n) is 14.4. The summed E-state index contributed by atoms with van der Waals surface area (Å²) in [6, 6.07) is 11.7. The molecule has 0 spiro atoms. The number of likely N-dealkylation sites (tertiary alicyclic amines) is 1. The van der Waals surface area contributed by atoms with Crippen molar-refractivity contribution in [2.45, 2.75) is 38.6 Å². The van der Waals surface area contributed by atoms with Crippen molar-refractivity contribution in [2.24, 2.45) is 0 Å². The number of hydrogen-bond acceptors (Lipinski definition) is 4. The van der Waals surface area contributed by atoms with E-state index in [9.17, 15) is 9.59 Å². The van der Waals surface area contributed by atoms with Gasteiger partial charge < -0.3 is 14.7 Å². The highest BCUT2D eigenvalue weighted by molar-refractivity contribution is 5.92. The largest absolute Gasteiger partial charge is 0.351 e. The predicted octanol–water partition coefficient (Wildman–Crippen LogP) is 2.20. The summed E-state index contributed by atoms with van der Waals surface area (Å²) in [7, 11) is 0. The molecule has 1 N–H and O–H groups in total. The minimum Gasteiger partial charge on any atom is -0.351 e. The van der Waals surface area contributed by atoms with Gasteiger partial charge in [-0.05, 0) is 24.8 Å². The molecule has 1 aromatic heterocycles. The van der Waals surface area contributed by atoms with Gasteiger partial charge in [0.15, 0.2) is 0 Å². The van der Waals surface area contributed by atoms with E-state index in [-0.39, 0.29) is 23.6 Å². The maximum Gasteiger partial charge on any atom is 0.290 e. The number of carbonyl (C=O) groups excluding carboxylic acids is 2. The molecule has 1 unspecified atom stereocenters. The number of carbonyl (C=O) groups is 2. The summed E-state index contributed by atoms with van der Waals surface area (Å²) in [5.74, 6) is -0.0202. The molecule has 6 nitrogen and oxygen atoms in total. The summed E-state index contributed by atoms with van der Waals surface area (Å²) >= 11 is 0. The first-order chi connectivity index (χ1) is 12.2. The van der Waals surface area contributed by atoms with Crippen LogP contribution in [0.3, 0.4) is 0 Å². The Morgan fingerprint density at radius 2 is 2.16 bits per heavy atom. The van der Waals surface area contributed by atoms with Gasteiger partial charge in [0.1, 0.15) is 0 Å². The summed E-state index contributed by atoms with van der Waals surface area (Å²) in [6.07, 6.45) is 2.91. The third-order valence-corrected chi connectivity index (χ3v) is 4.43. The zero-order chi connectivity index (χ0) is 17.6. The van der Waals surface area contributed by atoms with Crippen molar-refractivity contribution in [1.29, 1.82) is 0 Å². The standard InChI is InChI=1S/C19H23N3O3/c1-2-15-11-17(25-21-15)19(24)20-16-12-18(23)22(13-16)10-6-9-14-7-4-3-5-8-14/h3-5,7-8,11,16H,2,6,9-10,12-13H2,1H3,(H,20,24). The van der Waals surface area contributed by atoms with E-state index in [2.05, 4.69) is 22.6 Å². The first-order valence-corrected chi connectivity index (χ1v) is 8.74. The number of nitrogens with one attached hydrogen (secondary N) is 1. The maximum absolute atomic E-state index is 12.2. The van der Waals surface area contributed by atoms with E-state index in [1.165, 1.54) is 5.56 Å². The molecule has 1 aromatic carbocycles. The number of rotatable bonds is 7. The van der Waals surface area contributed by atoms with Crippen LogP contribution >= 0.6 is 0 Å². The van der Waals surface area contributed by atoms with Crippen molar-refractivity contribution in [3.05, 3.63) is 53.4 Å². The molecule has 1 saturated heterocycles. The fourth-order valence-electron chi connectivity index (χ4n) is 3.05. The van der Waals surface area contributed by atoms with Crippen molar-refractivity contribution in [1.82, 2.24) is 15.4 Å². The third kappa shape index (κ3) is 4.47. The van der Waals surface area contributed by atoms with Crippen LogP contribution in [0.15, 0.2) is 40.9 Å². The van der Waals surface area contributed by atoms with Gasteiger partial charge in [0.25, 0.3) is 5.91 Å². The summed E-state index contributed by atoms with van der Waals surface area (Å²) in [4.78, 5) is 26.1. The average molecular weight is 341 g/mol. The van der Waals surface area contributed by atoms with Gasteiger partial charge in [-0.1, -0.05) is 42.4 Å². The summed E-state index contributed by atoms with van der Waals surface area (Å²) < 4.78 is 5.03. The smallest absolute Gasteiger partial charge is 0.290 e. The van der Waals surface area contributed by atoms with Gasteiger partial charge in [-0.3, -0.25) is 9.59 Å². The van der Waals surface area contributed by atoms with Gasteiger partial charge >= 0.3 is 0 Å². The number of nitrogens with zero attached hydrogens (tertiary/aromatic N) is 2. The lowest BCUT2D eigenvalue weighted by atomic mass is 10.1. The zero-order valence-corrected chi connectivity index (χ0v) is 14.4. The molecule has 0 aliphatic carbocycles. The number of aromatic nitrogens is 1. The van der Waals surface area contributed by atoms with E-state index in [0.29, 0.717) is 25.9 Å². The first kappa shape index (κ1) is 17.2. The van der Waals surface area contributed by atoms with E-state index in [1.54, 1.807) is 6.07 Å². The highest BCUT2D eigenvalue weighted by atomic mass is 16.5. The van der Waals surface area contributed by atoms with E-state index >= 15 is 0 Å². The number of aryl methyl sites for hydroxylation is 2. The van der Waals surface area contributed by atoms with Crippen LogP contribution in [0.5, 0.6) is 0 Å². The second kappa shape index (κ2) is 7.96. The molecule has 2 heterocycles. The Balaban J connectivity index is 1.46. The normalized spacial score (nSPS) is 17.1. The van der Waals surface area contributed by atoms with Crippen LogP contribution in [0.25, 0.3) is 0 Å². The fourth-order valence-corrected chi connectivity index (χ4v) is 3.05. The molecule has 1 aliphatic heterocycles. The van der Waals surface area contributed by atoms with Crippen molar-refractivity contribution in [3.8, 4) is 0 Å². The molecule has 3 rings (SSSR count). The van der Waals surface area contributed by atoms with Crippen LogP contribution in [0.4, 0.5) is 0 Å². The Hall–Kier alpha value is -2.63. The minimum absolute atomic E-state index is 0.0881. The van der Waals surface area contributed by atoms with Crippen LogP contribution < -0.4 is 5.32 Å². The molecule has 6 heteroatoms. The first-order valence-electron chi connectivity index (χ1n) is 8.74. The van der Waals surface area contributed by atoms with Crippen molar-refractivity contribution in [3.63, 3.8) is 0 Å². The second-order valence-corrected chi connectivity index (χ2v) is 6.34. The van der Waals surface area contributed by atoms with Crippen LogP contribution in [0, 0.1) is 0 Å². The fraction of sp³-hybridized carbons (Fsp3) is 0.421. The van der Waals surface area contributed by atoms with Gasteiger partial charge in [0.05, 0.1) is 11.7 Å². The Morgan fingerprint density at radius 1 is 1.36 bits per heavy atom. The quantitative estimate of drug-likeness (QED) is 0.838. The van der Waals surface area contributed by atoms with E-state index in [0.717, 1.165) is 18.5 Å². The summed E-state index contributed by atoms with van der Waals surface area (Å²) in [5, 5.41) is 6.68. The Labute approximate surface area is 147 Å². The van der Waals surface area contributed by atoms with E-state index in [1.807, 2.05) is 30.0 Å². The SMILES string of the molecule is CCc1cc(C(=O)NC2CC(=O)N(CCCc3ccccc3)C2)on1. The van der Waals surface area contributed by atoms with Gasteiger partial charge in [-0.25, -0.2) is 0 Å². The molecule has 1 aliphatic rings. The van der Waals surface area contributed by atoms with E-state index < -0.39 is 0 Å². The highest BCUT2D eigenvalue weighted by Crippen LogP contribution is 2.14. The lowest BCUT2D eigenvalue weighted by Gasteiger charge is -2.16. The highest BCUT2D eigenvalue weighted by Gasteiger charge is 2.31. The van der Waals surface area contributed by atoms with Gasteiger partial charge in [-0.2, -0.15) is 0 Å². The molecule has 1 fully saturated rings. The van der Waals surface area contributed by atoms with Crippen molar-refractivity contribution in [2.75, 3.05) is 13.1 Å². The van der Waals surface area contributed by atoms with Gasteiger partial charge in [0.2, 0.25) is 11.7 Å². The van der Waals surface area contributed by atoms with Gasteiger partial charge in [-0.15, -0.1) is 0 Å². The molecule has 0 saturated carbocycles. The van der Waals surface area contributed by atoms with Crippen LogP contribution in [0.2, 0.25) is 0 Å². The van der Waals surface area contributed by atoms with Crippen LogP contribution in [-0.4, -0.2) is 41.0 Å². The Morgan fingerprint density at radius 3 is 2.88 bits per heavy atom. The average Bonchev–Trinajstić information content (AvgIpc) is 3.23. The molecule has 0 radical (unpaired) electrons. The van der Waals surface area contributed by atoms with Crippen LogP contribution in [-0.2, 0) is 17.6 Å². The lowest BCUT2D eigenvalue weighted by Crippen LogP contribution is -2.37. The monoisotopic (exact) mass is 341 g/mol. The van der Waals surface area contributed by atoms with E-state index in [4.69, 9.17) is 4.52 Å².